The van der Waals surface area contributed by atoms with Crippen LogP contribution in [0.4, 0.5) is 16.2 Å². The van der Waals surface area contributed by atoms with Gasteiger partial charge in [-0.15, -0.1) is 11.8 Å². The summed E-state index contributed by atoms with van der Waals surface area (Å²) in [7, 11) is 0. The zero-order valence-electron chi connectivity index (χ0n) is 14.4. The number of aromatic nitrogens is 1. The largest absolute Gasteiger partial charge is 0.339 e. The molecule has 2 aromatic rings. The number of anilines is 2. The highest BCUT2D eigenvalue weighted by Gasteiger charge is 2.24. The molecule has 4 rings (SSSR count). The van der Waals surface area contributed by atoms with Crippen LogP contribution in [0, 0.1) is 0 Å². The van der Waals surface area contributed by atoms with Gasteiger partial charge < -0.3 is 10.2 Å². The molecule has 1 aromatic heterocycles. The van der Waals surface area contributed by atoms with Crippen LogP contribution in [0.15, 0.2) is 47.6 Å². The monoisotopic (exact) mass is 368 g/mol. The van der Waals surface area contributed by atoms with Gasteiger partial charge in [-0.25, -0.2) is 9.78 Å². The van der Waals surface area contributed by atoms with Crippen molar-refractivity contribution in [2.24, 2.45) is 0 Å². The number of pyridine rings is 1. The van der Waals surface area contributed by atoms with E-state index in [1.807, 2.05) is 17.0 Å². The van der Waals surface area contributed by atoms with Gasteiger partial charge in [0, 0.05) is 42.8 Å². The van der Waals surface area contributed by atoms with Crippen LogP contribution < -0.4 is 10.2 Å². The molecule has 1 aromatic carbocycles. The van der Waals surface area contributed by atoms with E-state index in [1.165, 1.54) is 0 Å². The number of urea groups is 1. The SMILES string of the molecule is O=C(c1ccc(NC(=O)N2CCSc3ncccc32)cc1)N1CCCC1. The zero-order valence-corrected chi connectivity index (χ0v) is 15.2. The Balaban J connectivity index is 1.44. The summed E-state index contributed by atoms with van der Waals surface area (Å²) in [6.07, 6.45) is 3.89. The van der Waals surface area contributed by atoms with Crippen LogP contribution in [0.25, 0.3) is 0 Å². The van der Waals surface area contributed by atoms with Gasteiger partial charge in [-0.3, -0.25) is 9.69 Å². The Labute approximate surface area is 156 Å². The Hall–Kier alpha value is -2.54. The van der Waals surface area contributed by atoms with E-state index in [2.05, 4.69) is 10.3 Å². The summed E-state index contributed by atoms with van der Waals surface area (Å²) in [5.74, 6) is 0.884. The van der Waals surface area contributed by atoms with Gasteiger partial charge in [-0.1, -0.05) is 0 Å². The number of rotatable bonds is 2. The highest BCUT2D eigenvalue weighted by Crippen LogP contribution is 2.32. The predicted octanol–water partition coefficient (Wildman–Crippen LogP) is 3.46. The van der Waals surface area contributed by atoms with Crippen LogP contribution in [-0.2, 0) is 0 Å². The maximum Gasteiger partial charge on any atom is 0.326 e. The number of carbonyl (C=O) groups excluding carboxylic acids is 2. The standard InChI is InChI=1S/C19H20N4O2S/c24-18(22-10-1-2-11-22)14-5-7-15(8-6-14)21-19(25)23-12-13-26-17-16(23)4-3-9-20-17/h3-9H,1-2,10-13H2,(H,21,25). The molecule has 1 N–H and O–H groups in total. The quantitative estimate of drug-likeness (QED) is 0.882. The van der Waals surface area contributed by atoms with Gasteiger partial charge in [-0.2, -0.15) is 0 Å². The molecule has 1 saturated heterocycles. The number of hydrogen-bond acceptors (Lipinski definition) is 4. The molecule has 0 unspecified atom stereocenters. The molecule has 0 aliphatic carbocycles. The summed E-state index contributed by atoms with van der Waals surface area (Å²) in [6, 6.07) is 10.7. The molecular weight excluding hydrogens is 348 g/mol. The second-order valence-corrected chi connectivity index (χ2v) is 7.42. The van der Waals surface area contributed by atoms with E-state index in [4.69, 9.17) is 0 Å². The third kappa shape index (κ3) is 3.39. The second-order valence-electron chi connectivity index (χ2n) is 6.33. The fourth-order valence-electron chi connectivity index (χ4n) is 3.25. The van der Waals surface area contributed by atoms with Crippen molar-refractivity contribution >= 4 is 35.1 Å². The Bertz CT molecular complexity index is 819. The average Bonchev–Trinajstić information content (AvgIpc) is 3.22. The molecule has 0 saturated carbocycles. The number of thioether (sulfide) groups is 1. The van der Waals surface area contributed by atoms with Crippen molar-refractivity contribution in [3.05, 3.63) is 48.2 Å². The first kappa shape index (κ1) is 16.9. The molecule has 0 radical (unpaired) electrons. The molecule has 0 spiro atoms. The van der Waals surface area contributed by atoms with Gasteiger partial charge in [0.2, 0.25) is 0 Å². The van der Waals surface area contributed by atoms with Crippen molar-refractivity contribution in [1.29, 1.82) is 0 Å². The number of fused-ring (bicyclic) bond motifs is 1. The maximum atomic E-state index is 12.7. The van der Waals surface area contributed by atoms with E-state index in [0.717, 1.165) is 42.4 Å². The summed E-state index contributed by atoms with van der Waals surface area (Å²) in [5.41, 5.74) is 2.17. The van der Waals surface area contributed by atoms with E-state index >= 15 is 0 Å². The predicted molar refractivity (Wildman–Crippen MR) is 103 cm³/mol. The van der Waals surface area contributed by atoms with E-state index in [9.17, 15) is 9.59 Å². The lowest BCUT2D eigenvalue weighted by Gasteiger charge is -2.28. The molecule has 6 nitrogen and oxygen atoms in total. The van der Waals surface area contributed by atoms with E-state index in [-0.39, 0.29) is 11.9 Å². The number of nitrogens with one attached hydrogen (secondary N) is 1. The second kappa shape index (κ2) is 7.37. The van der Waals surface area contributed by atoms with E-state index in [1.54, 1.807) is 47.1 Å². The van der Waals surface area contributed by atoms with Gasteiger partial charge in [0.05, 0.1) is 5.69 Å². The number of benzene rings is 1. The normalized spacial score (nSPS) is 16.3. The molecule has 134 valence electrons. The number of amides is 3. The Kier molecular flexibility index (Phi) is 4.79. The highest BCUT2D eigenvalue weighted by molar-refractivity contribution is 7.99. The van der Waals surface area contributed by atoms with Crippen LogP contribution in [-0.4, -0.2) is 47.2 Å². The van der Waals surface area contributed by atoms with Crippen LogP contribution in [0.5, 0.6) is 0 Å². The van der Waals surface area contributed by atoms with Gasteiger partial charge in [0.1, 0.15) is 5.03 Å². The lowest BCUT2D eigenvalue weighted by Crippen LogP contribution is -2.38. The van der Waals surface area contributed by atoms with Crippen LogP contribution in [0.1, 0.15) is 23.2 Å². The Morgan fingerprint density at radius 3 is 2.58 bits per heavy atom. The Morgan fingerprint density at radius 2 is 1.81 bits per heavy atom. The first-order chi connectivity index (χ1) is 12.7. The minimum absolute atomic E-state index is 0.0634. The number of likely N-dealkylation sites (tertiary alicyclic amines) is 1. The first-order valence-electron chi connectivity index (χ1n) is 8.78. The van der Waals surface area contributed by atoms with Crippen molar-refractivity contribution in [3.63, 3.8) is 0 Å². The molecular formula is C19H20N4O2S. The highest BCUT2D eigenvalue weighted by atomic mass is 32.2. The molecule has 26 heavy (non-hydrogen) atoms. The lowest BCUT2D eigenvalue weighted by molar-refractivity contribution is 0.0793. The fourth-order valence-corrected chi connectivity index (χ4v) is 4.18. The summed E-state index contributed by atoms with van der Waals surface area (Å²) in [6.45, 7) is 2.30. The maximum absolute atomic E-state index is 12.7. The van der Waals surface area contributed by atoms with E-state index < -0.39 is 0 Å². The minimum Gasteiger partial charge on any atom is -0.339 e. The van der Waals surface area contributed by atoms with Crippen LogP contribution in [0.2, 0.25) is 0 Å². The number of hydrogen-bond donors (Lipinski definition) is 1. The third-order valence-corrected chi connectivity index (χ3v) is 5.59. The minimum atomic E-state index is -0.182. The number of carbonyl (C=O) groups is 2. The summed E-state index contributed by atoms with van der Waals surface area (Å²) < 4.78 is 0. The fraction of sp³-hybridized carbons (Fsp3) is 0.316. The molecule has 1 fully saturated rings. The third-order valence-electron chi connectivity index (χ3n) is 4.62. The lowest BCUT2D eigenvalue weighted by atomic mass is 10.2. The van der Waals surface area contributed by atoms with Crippen LogP contribution in [0.3, 0.4) is 0 Å². The summed E-state index contributed by atoms with van der Waals surface area (Å²) in [4.78, 5) is 33.0. The van der Waals surface area contributed by atoms with E-state index in [0.29, 0.717) is 17.8 Å². The van der Waals surface area contributed by atoms with Crippen molar-refractivity contribution in [2.75, 3.05) is 35.6 Å². The summed E-state index contributed by atoms with van der Waals surface area (Å²) >= 11 is 1.66. The van der Waals surface area contributed by atoms with Crippen molar-refractivity contribution in [3.8, 4) is 0 Å². The molecule has 7 heteroatoms. The van der Waals surface area contributed by atoms with Gasteiger partial charge >= 0.3 is 6.03 Å². The van der Waals surface area contributed by atoms with Gasteiger partial charge in [-0.05, 0) is 49.2 Å². The zero-order chi connectivity index (χ0) is 17.9. The van der Waals surface area contributed by atoms with Gasteiger partial charge in [0.15, 0.2) is 0 Å². The topological polar surface area (TPSA) is 65.5 Å². The molecule has 2 aliphatic rings. The van der Waals surface area contributed by atoms with Gasteiger partial charge in [0.25, 0.3) is 5.91 Å². The molecule has 0 atom stereocenters. The Morgan fingerprint density at radius 1 is 1.04 bits per heavy atom. The van der Waals surface area contributed by atoms with Crippen molar-refractivity contribution in [2.45, 2.75) is 17.9 Å². The summed E-state index contributed by atoms with van der Waals surface area (Å²) in [5, 5.41) is 3.79. The average molecular weight is 368 g/mol. The number of nitrogens with zero attached hydrogens (tertiary/aromatic N) is 3. The van der Waals surface area contributed by atoms with Crippen LogP contribution >= 0.6 is 11.8 Å². The van der Waals surface area contributed by atoms with Crippen molar-refractivity contribution in [1.82, 2.24) is 9.88 Å². The van der Waals surface area contributed by atoms with Crippen molar-refractivity contribution < 1.29 is 9.59 Å². The molecule has 3 heterocycles. The molecule has 2 aliphatic heterocycles. The molecule has 0 bridgehead atoms. The smallest absolute Gasteiger partial charge is 0.326 e. The first-order valence-corrected chi connectivity index (χ1v) is 9.76. The molecule has 3 amide bonds.